The van der Waals surface area contributed by atoms with Crippen LogP contribution in [0.4, 0.5) is 0 Å². The molecule has 2 aromatic rings. The van der Waals surface area contributed by atoms with Crippen molar-refractivity contribution < 1.29 is 19.1 Å². The van der Waals surface area contributed by atoms with Crippen molar-refractivity contribution >= 4 is 34.8 Å². The van der Waals surface area contributed by atoms with E-state index in [1.54, 1.807) is 29.0 Å². The van der Waals surface area contributed by atoms with Gasteiger partial charge in [-0.15, -0.1) is 0 Å². The summed E-state index contributed by atoms with van der Waals surface area (Å²) in [5, 5.41) is 1.28. The highest BCUT2D eigenvalue weighted by Gasteiger charge is 2.23. The number of carbonyl (C=O) groups is 2. The van der Waals surface area contributed by atoms with Crippen LogP contribution in [-0.2, 0) is 14.3 Å². The fraction of sp³-hybridized carbons (Fsp3) is 0.412. The first-order valence-corrected chi connectivity index (χ1v) is 7.99. The molecule has 0 fully saturated rings. The molecular weight excluding hydrogens is 318 g/mol. The van der Waals surface area contributed by atoms with Crippen molar-refractivity contribution in [2.24, 2.45) is 0 Å². The molecule has 5 nitrogen and oxygen atoms in total. The summed E-state index contributed by atoms with van der Waals surface area (Å²) in [6, 6.07) is 4.78. The first-order chi connectivity index (χ1) is 11.1. The Morgan fingerprint density at radius 1 is 1.35 bits per heavy atom. The van der Waals surface area contributed by atoms with Gasteiger partial charge in [0.1, 0.15) is 12.6 Å². The molecule has 1 aromatic heterocycles. The Labute approximate surface area is 140 Å². The molecular formula is C17H20ClNO4. The normalized spacial score (nSPS) is 12.3. The summed E-state index contributed by atoms with van der Waals surface area (Å²) < 4.78 is 12.2. The van der Waals surface area contributed by atoms with E-state index in [4.69, 9.17) is 21.1 Å². The zero-order chi connectivity index (χ0) is 16.8. The molecule has 1 aromatic carbocycles. The second kappa shape index (κ2) is 8.13. The molecule has 0 bridgehead atoms. The Morgan fingerprint density at radius 3 is 2.78 bits per heavy atom. The number of carbonyl (C=O) groups excluding carboxylic acids is 2. The van der Waals surface area contributed by atoms with E-state index in [-0.39, 0.29) is 12.6 Å². The Bertz CT molecular complexity index is 695. The van der Waals surface area contributed by atoms with Gasteiger partial charge in [0, 0.05) is 34.3 Å². The van der Waals surface area contributed by atoms with Crippen LogP contribution in [0.25, 0.3) is 10.9 Å². The lowest BCUT2D eigenvalue weighted by molar-refractivity contribution is -0.149. The molecule has 124 valence electrons. The predicted molar refractivity (Wildman–Crippen MR) is 89.1 cm³/mol. The molecule has 0 amide bonds. The Kier molecular flexibility index (Phi) is 6.19. The molecule has 1 heterocycles. The van der Waals surface area contributed by atoms with E-state index in [2.05, 4.69) is 0 Å². The topological polar surface area (TPSA) is 57.5 Å². The molecule has 0 saturated carbocycles. The van der Waals surface area contributed by atoms with Crippen molar-refractivity contribution in [1.82, 2.24) is 4.57 Å². The number of hydrogen-bond donors (Lipinski definition) is 0. The Hall–Kier alpha value is -1.85. The summed E-state index contributed by atoms with van der Waals surface area (Å²) in [6.07, 6.45) is 2.99. The Balaban J connectivity index is 2.29. The summed E-state index contributed by atoms with van der Waals surface area (Å²) in [5.41, 5.74) is 1.29. The molecule has 0 aliphatic heterocycles. The van der Waals surface area contributed by atoms with E-state index >= 15 is 0 Å². The first kappa shape index (κ1) is 17.5. The van der Waals surface area contributed by atoms with Gasteiger partial charge in [-0.1, -0.05) is 18.5 Å². The lowest BCUT2D eigenvalue weighted by Gasteiger charge is -2.17. The van der Waals surface area contributed by atoms with E-state index in [1.807, 2.05) is 13.8 Å². The van der Waals surface area contributed by atoms with Crippen molar-refractivity contribution in [2.75, 3.05) is 19.8 Å². The molecule has 23 heavy (non-hydrogen) atoms. The highest BCUT2D eigenvalue weighted by atomic mass is 35.5. The molecule has 0 N–H and O–H groups in total. The monoisotopic (exact) mass is 337 g/mol. The van der Waals surface area contributed by atoms with Gasteiger partial charge in [-0.05, 0) is 31.5 Å². The third kappa shape index (κ3) is 3.92. The zero-order valence-electron chi connectivity index (χ0n) is 13.3. The summed E-state index contributed by atoms with van der Waals surface area (Å²) in [5.74, 6) is -0.337. The van der Waals surface area contributed by atoms with E-state index in [1.165, 1.54) is 0 Å². The molecule has 0 aliphatic rings. The van der Waals surface area contributed by atoms with Gasteiger partial charge in [-0.25, -0.2) is 4.79 Å². The summed E-state index contributed by atoms with van der Waals surface area (Å²) in [4.78, 5) is 23.6. The van der Waals surface area contributed by atoms with Crippen LogP contribution in [-0.4, -0.2) is 36.6 Å². The number of aldehydes is 1. The van der Waals surface area contributed by atoms with Crippen molar-refractivity contribution in [3.63, 3.8) is 0 Å². The van der Waals surface area contributed by atoms with E-state index in [0.29, 0.717) is 30.2 Å². The lowest BCUT2D eigenvalue weighted by Crippen LogP contribution is -2.22. The average Bonchev–Trinajstić information content (AvgIpc) is 2.90. The highest BCUT2D eigenvalue weighted by Crippen LogP contribution is 2.28. The van der Waals surface area contributed by atoms with Crippen molar-refractivity contribution in [1.29, 1.82) is 0 Å². The number of halogens is 1. The van der Waals surface area contributed by atoms with Crippen molar-refractivity contribution in [3.8, 4) is 0 Å². The fourth-order valence-corrected chi connectivity index (χ4v) is 2.70. The maximum Gasteiger partial charge on any atom is 0.329 e. The van der Waals surface area contributed by atoms with Crippen LogP contribution in [0.2, 0.25) is 5.02 Å². The van der Waals surface area contributed by atoms with E-state index in [9.17, 15) is 9.59 Å². The SMILES string of the molecule is CCOCCOC(=O)C(CC)n1cc(C=O)c2cc(Cl)ccc21. The molecule has 1 unspecified atom stereocenters. The minimum atomic E-state index is -0.492. The Morgan fingerprint density at radius 2 is 2.13 bits per heavy atom. The second-order valence-electron chi connectivity index (χ2n) is 5.06. The standard InChI is InChI=1S/C17H20ClNO4/c1-3-15(17(21)23-8-7-22-4-2)19-10-12(11-20)14-9-13(18)5-6-16(14)19/h5-6,9-11,15H,3-4,7-8H2,1-2H3. The fourth-order valence-electron chi connectivity index (χ4n) is 2.52. The number of hydrogen-bond acceptors (Lipinski definition) is 4. The molecule has 1 atom stereocenters. The molecule has 0 radical (unpaired) electrons. The van der Waals surface area contributed by atoms with Crippen molar-refractivity contribution in [3.05, 3.63) is 35.0 Å². The number of fused-ring (bicyclic) bond motifs is 1. The van der Waals surface area contributed by atoms with E-state index in [0.717, 1.165) is 17.2 Å². The van der Waals surface area contributed by atoms with Crippen LogP contribution >= 0.6 is 11.6 Å². The van der Waals surface area contributed by atoms with Gasteiger partial charge in [0.05, 0.1) is 6.61 Å². The third-order valence-corrected chi connectivity index (χ3v) is 3.86. The van der Waals surface area contributed by atoms with Gasteiger partial charge in [0.2, 0.25) is 0 Å². The summed E-state index contributed by atoms with van der Waals surface area (Å²) in [6.45, 7) is 4.96. The van der Waals surface area contributed by atoms with Gasteiger partial charge in [0.15, 0.2) is 6.29 Å². The quantitative estimate of drug-likeness (QED) is 0.419. The molecule has 0 spiro atoms. The van der Waals surface area contributed by atoms with Gasteiger partial charge in [-0.3, -0.25) is 4.79 Å². The number of rotatable bonds is 8. The number of aromatic nitrogens is 1. The first-order valence-electron chi connectivity index (χ1n) is 7.62. The molecule has 0 saturated heterocycles. The van der Waals surface area contributed by atoms with Crippen LogP contribution in [0.15, 0.2) is 24.4 Å². The molecule has 0 aliphatic carbocycles. The van der Waals surface area contributed by atoms with Crippen LogP contribution < -0.4 is 0 Å². The largest absolute Gasteiger partial charge is 0.462 e. The van der Waals surface area contributed by atoms with Crippen molar-refractivity contribution in [2.45, 2.75) is 26.3 Å². The second-order valence-corrected chi connectivity index (χ2v) is 5.50. The average molecular weight is 338 g/mol. The molecule has 6 heteroatoms. The minimum Gasteiger partial charge on any atom is -0.462 e. The number of nitrogens with zero attached hydrogens (tertiary/aromatic N) is 1. The smallest absolute Gasteiger partial charge is 0.329 e. The van der Waals surface area contributed by atoms with Crippen LogP contribution in [0.1, 0.15) is 36.7 Å². The number of ether oxygens (including phenoxy) is 2. The van der Waals surface area contributed by atoms with Gasteiger partial charge in [0.25, 0.3) is 0 Å². The van der Waals surface area contributed by atoms with Crippen LogP contribution in [0, 0.1) is 0 Å². The summed E-state index contributed by atoms with van der Waals surface area (Å²) >= 11 is 6.00. The molecule has 2 rings (SSSR count). The van der Waals surface area contributed by atoms with Gasteiger partial charge < -0.3 is 14.0 Å². The maximum atomic E-state index is 12.3. The summed E-state index contributed by atoms with van der Waals surface area (Å²) in [7, 11) is 0. The number of esters is 1. The van der Waals surface area contributed by atoms with E-state index < -0.39 is 6.04 Å². The zero-order valence-corrected chi connectivity index (χ0v) is 14.0. The predicted octanol–water partition coefficient (Wildman–Crippen LogP) is 3.64. The van der Waals surface area contributed by atoms with Gasteiger partial charge >= 0.3 is 5.97 Å². The minimum absolute atomic E-state index is 0.217. The lowest BCUT2D eigenvalue weighted by atomic mass is 10.2. The van der Waals surface area contributed by atoms with Gasteiger partial charge in [-0.2, -0.15) is 0 Å². The number of benzene rings is 1. The van der Waals surface area contributed by atoms with Crippen LogP contribution in [0.5, 0.6) is 0 Å². The third-order valence-electron chi connectivity index (χ3n) is 3.62. The highest BCUT2D eigenvalue weighted by molar-refractivity contribution is 6.31. The van der Waals surface area contributed by atoms with Crippen LogP contribution in [0.3, 0.4) is 0 Å². The maximum absolute atomic E-state index is 12.3.